The molecule has 0 spiro atoms. The molecule has 0 unspecified atom stereocenters. The summed E-state index contributed by atoms with van der Waals surface area (Å²) in [5.74, 6) is -0.634. The second-order valence-corrected chi connectivity index (χ2v) is 9.62. The average Bonchev–Trinajstić information content (AvgIpc) is 3.45. The van der Waals surface area contributed by atoms with E-state index in [2.05, 4.69) is 22.8 Å². The van der Waals surface area contributed by atoms with Crippen molar-refractivity contribution in [3.8, 4) is 11.3 Å². The van der Waals surface area contributed by atoms with Crippen LogP contribution in [0, 0.1) is 0 Å². The lowest BCUT2D eigenvalue weighted by molar-refractivity contribution is 0.0926. The Morgan fingerprint density at radius 1 is 0.816 bits per heavy atom. The van der Waals surface area contributed by atoms with Crippen LogP contribution in [0.2, 0.25) is 0 Å². The number of thiazole rings is 1. The predicted molar refractivity (Wildman–Crippen MR) is 157 cm³/mol. The van der Waals surface area contributed by atoms with Crippen molar-refractivity contribution in [2.45, 2.75) is 13.0 Å². The van der Waals surface area contributed by atoms with Gasteiger partial charge in [-0.05, 0) is 42.1 Å². The smallest absolute Gasteiger partial charge is 0.266 e. The minimum atomic E-state index is -0.317. The molecule has 0 saturated heterocycles. The SMILES string of the molecule is Br.O=C1c2ccccc2C(=O)N1c1cccc(-c2csc(=Nc3cccc4ccccc34)n2CCCO)c1. The molecule has 0 aliphatic carbocycles. The number of amides is 2. The van der Waals surface area contributed by atoms with Crippen molar-refractivity contribution in [1.82, 2.24) is 4.57 Å². The standard InChI is InChI=1S/C30H23N3O3S.BrH/c34-17-7-16-32-27(19-37-30(32)31-26-15-6-9-20-8-1-2-12-23(20)26)21-10-5-11-22(18-21)33-28(35)24-13-3-4-14-25(24)29(33)36;/h1-6,8-15,18-19,34H,7,16-17H2;1H. The van der Waals surface area contributed by atoms with E-state index in [1.165, 1.54) is 16.2 Å². The third kappa shape index (κ3) is 4.51. The van der Waals surface area contributed by atoms with Gasteiger partial charge in [0.15, 0.2) is 4.80 Å². The van der Waals surface area contributed by atoms with Crippen molar-refractivity contribution in [2.75, 3.05) is 11.5 Å². The van der Waals surface area contributed by atoms with Crippen molar-refractivity contribution >= 4 is 62.3 Å². The van der Waals surface area contributed by atoms with E-state index in [1.807, 2.05) is 47.8 Å². The van der Waals surface area contributed by atoms with Gasteiger partial charge in [0.05, 0.1) is 28.2 Å². The molecule has 38 heavy (non-hydrogen) atoms. The van der Waals surface area contributed by atoms with Gasteiger partial charge < -0.3 is 9.67 Å². The number of rotatable bonds is 6. The molecule has 6 nitrogen and oxygen atoms in total. The molecular weight excluding hydrogens is 562 g/mol. The van der Waals surface area contributed by atoms with Gasteiger partial charge in [-0.25, -0.2) is 9.89 Å². The van der Waals surface area contributed by atoms with Gasteiger partial charge in [-0.3, -0.25) is 9.59 Å². The van der Waals surface area contributed by atoms with Gasteiger partial charge in [-0.1, -0.05) is 60.7 Å². The molecule has 1 aliphatic rings. The first-order chi connectivity index (χ1) is 18.2. The Hall–Kier alpha value is -3.85. The van der Waals surface area contributed by atoms with Crippen LogP contribution in [0.1, 0.15) is 27.1 Å². The van der Waals surface area contributed by atoms with E-state index in [0.717, 1.165) is 32.5 Å². The van der Waals surface area contributed by atoms with Crippen LogP contribution in [0.3, 0.4) is 0 Å². The summed E-state index contributed by atoms with van der Waals surface area (Å²) in [6, 6.07) is 28.6. The highest BCUT2D eigenvalue weighted by Gasteiger charge is 2.36. The fourth-order valence-corrected chi connectivity index (χ4v) is 5.68. The average molecular weight is 587 g/mol. The molecular formula is C30H24BrN3O3S. The summed E-state index contributed by atoms with van der Waals surface area (Å²) in [7, 11) is 0. The Kier molecular flexibility index (Phi) is 7.37. The number of benzene rings is 4. The maximum absolute atomic E-state index is 13.0. The Balaban J connectivity index is 0.00000294. The Bertz CT molecular complexity index is 1700. The molecule has 190 valence electrons. The molecule has 0 radical (unpaired) electrons. The number of halogens is 1. The van der Waals surface area contributed by atoms with E-state index < -0.39 is 0 Å². The number of carbonyl (C=O) groups is 2. The summed E-state index contributed by atoms with van der Waals surface area (Å²) in [6.45, 7) is 0.640. The van der Waals surface area contributed by atoms with Crippen LogP contribution in [-0.2, 0) is 6.54 Å². The number of aliphatic hydroxyl groups is 1. The van der Waals surface area contributed by atoms with E-state index in [0.29, 0.717) is 29.8 Å². The summed E-state index contributed by atoms with van der Waals surface area (Å²) in [5.41, 5.74) is 4.02. The number of hydrogen-bond donors (Lipinski definition) is 1. The predicted octanol–water partition coefficient (Wildman–Crippen LogP) is 6.36. The first kappa shape index (κ1) is 25.8. The van der Waals surface area contributed by atoms with Crippen LogP contribution < -0.4 is 9.70 Å². The highest BCUT2D eigenvalue weighted by molar-refractivity contribution is 8.93. The molecule has 1 aromatic heterocycles. The number of aliphatic hydroxyl groups excluding tert-OH is 1. The second kappa shape index (κ2) is 10.9. The zero-order chi connectivity index (χ0) is 25.4. The summed E-state index contributed by atoms with van der Waals surface area (Å²) < 4.78 is 2.09. The van der Waals surface area contributed by atoms with Crippen LogP contribution in [0.5, 0.6) is 0 Å². The molecule has 0 fully saturated rings. The van der Waals surface area contributed by atoms with Crippen LogP contribution in [0.15, 0.2) is 101 Å². The zero-order valence-corrected chi connectivity index (χ0v) is 22.8. The number of anilines is 1. The number of aromatic nitrogens is 1. The molecule has 4 aromatic carbocycles. The third-order valence-electron chi connectivity index (χ3n) is 6.51. The van der Waals surface area contributed by atoms with Crippen molar-refractivity contribution in [3.63, 3.8) is 0 Å². The highest BCUT2D eigenvalue weighted by Crippen LogP contribution is 2.32. The van der Waals surface area contributed by atoms with Crippen LogP contribution in [0.25, 0.3) is 22.0 Å². The third-order valence-corrected chi connectivity index (χ3v) is 7.38. The quantitative estimate of drug-likeness (QED) is 0.235. The molecule has 6 rings (SSSR count). The molecule has 0 atom stereocenters. The Labute approximate surface area is 233 Å². The molecule has 2 heterocycles. The number of hydrogen-bond acceptors (Lipinski definition) is 5. The largest absolute Gasteiger partial charge is 0.396 e. The van der Waals surface area contributed by atoms with Crippen molar-refractivity contribution in [1.29, 1.82) is 0 Å². The Morgan fingerprint density at radius 3 is 2.26 bits per heavy atom. The number of nitrogens with zero attached hydrogens (tertiary/aromatic N) is 3. The molecule has 1 N–H and O–H groups in total. The molecule has 0 bridgehead atoms. The first-order valence-corrected chi connectivity index (χ1v) is 12.9. The van der Waals surface area contributed by atoms with Crippen molar-refractivity contribution in [2.24, 2.45) is 4.99 Å². The van der Waals surface area contributed by atoms with E-state index in [1.54, 1.807) is 30.3 Å². The molecule has 8 heteroatoms. The van der Waals surface area contributed by atoms with Crippen LogP contribution in [-0.4, -0.2) is 28.1 Å². The van der Waals surface area contributed by atoms with Gasteiger partial charge in [-0.15, -0.1) is 28.3 Å². The maximum atomic E-state index is 13.0. The zero-order valence-electron chi connectivity index (χ0n) is 20.3. The summed E-state index contributed by atoms with van der Waals surface area (Å²) in [4.78, 5) is 33.1. The van der Waals surface area contributed by atoms with Crippen molar-refractivity contribution in [3.05, 3.63) is 112 Å². The summed E-state index contributed by atoms with van der Waals surface area (Å²) >= 11 is 1.52. The first-order valence-electron chi connectivity index (χ1n) is 12.1. The van der Waals surface area contributed by atoms with Gasteiger partial charge in [0.1, 0.15) is 0 Å². The minimum absolute atomic E-state index is 0. The van der Waals surface area contributed by atoms with E-state index in [9.17, 15) is 14.7 Å². The highest BCUT2D eigenvalue weighted by atomic mass is 79.9. The maximum Gasteiger partial charge on any atom is 0.266 e. The van der Waals surface area contributed by atoms with E-state index in [4.69, 9.17) is 4.99 Å². The van der Waals surface area contributed by atoms with Crippen LogP contribution in [0.4, 0.5) is 11.4 Å². The van der Waals surface area contributed by atoms with Gasteiger partial charge in [0, 0.05) is 29.5 Å². The Morgan fingerprint density at radius 2 is 1.50 bits per heavy atom. The second-order valence-electron chi connectivity index (χ2n) is 8.78. The monoisotopic (exact) mass is 585 g/mol. The minimum Gasteiger partial charge on any atom is -0.396 e. The topological polar surface area (TPSA) is 74.9 Å². The lowest BCUT2D eigenvalue weighted by Crippen LogP contribution is -2.29. The van der Waals surface area contributed by atoms with Gasteiger partial charge in [0.25, 0.3) is 11.8 Å². The lowest BCUT2D eigenvalue weighted by atomic mass is 10.1. The van der Waals surface area contributed by atoms with Gasteiger partial charge in [0.2, 0.25) is 0 Å². The van der Waals surface area contributed by atoms with E-state index in [-0.39, 0.29) is 35.4 Å². The van der Waals surface area contributed by atoms with E-state index >= 15 is 0 Å². The lowest BCUT2D eigenvalue weighted by Gasteiger charge is -2.16. The molecule has 2 amide bonds. The van der Waals surface area contributed by atoms with Gasteiger partial charge >= 0.3 is 0 Å². The number of fused-ring (bicyclic) bond motifs is 2. The number of imide groups is 1. The fourth-order valence-electron chi connectivity index (χ4n) is 4.73. The summed E-state index contributed by atoms with van der Waals surface area (Å²) in [6.07, 6.45) is 0.574. The van der Waals surface area contributed by atoms with Gasteiger partial charge in [-0.2, -0.15) is 0 Å². The molecule has 1 aliphatic heterocycles. The van der Waals surface area contributed by atoms with Crippen LogP contribution >= 0.6 is 28.3 Å². The van der Waals surface area contributed by atoms with Crippen molar-refractivity contribution < 1.29 is 14.7 Å². The fraction of sp³-hybridized carbons (Fsp3) is 0.100. The molecule has 0 saturated carbocycles. The normalized spacial score (nSPS) is 13.2. The summed E-state index contributed by atoms with van der Waals surface area (Å²) in [5, 5.41) is 13.8. The number of carbonyl (C=O) groups excluding carboxylic acids is 2. The molecule has 5 aromatic rings.